The zero-order chi connectivity index (χ0) is 39.1. The molecule has 3 aliphatic rings. The lowest BCUT2D eigenvalue weighted by Gasteiger charge is -2.27. The summed E-state index contributed by atoms with van der Waals surface area (Å²) in [4.78, 5) is 55.4. The number of carbonyl (C=O) groups excluding carboxylic acids is 3. The van der Waals surface area contributed by atoms with Crippen LogP contribution in [0.25, 0.3) is 6.08 Å². The van der Waals surface area contributed by atoms with E-state index < -0.39 is 28.2 Å². The first-order valence-corrected chi connectivity index (χ1v) is 26.0. The van der Waals surface area contributed by atoms with Gasteiger partial charge in [0.05, 0.1) is 18.2 Å². The van der Waals surface area contributed by atoms with Crippen molar-refractivity contribution in [3.05, 3.63) is 76.5 Å². The number of hydrogen-bond acceptors (Lipinski definition) is 9. The van der Waals surface area contributed by atoms with E-state index in [0.717, 1.165) is 28.8 Å². The van der Waals surface area contributed by atoms with E-state index in [9.17, 15) is 19.5 Å². The molecule has 53 heavy (non-hydrogen) atoms. The van der Waals surface area contributed by atoms with Crippen molar-refractivity contribution in [3.63, 3.8) is 0 Å². The fraction of sp³-hybridized carbons (Fsp3) is 0.525. The van der Waals surface area contributed by atoms with Crippen LogP contribution >= 0.6 is 0 Å². The van der Waals surface area contributed by atoms with Gasteiger partial charge in [0.1, 0.15) is 12.8 Å². The summed E-state index contributed by atoms with van der Waals surface area (Å²) in [5, 5.41) is 14.3. The van der Waals surface area contributed by atoms with Gasteiger partial charge in [-0.1, -0.05) is 70.0 Å². The number of carbonyl (C=O) groups is 3. The van der Waals surface area contributed by atoms with Crippen LogP contribution in [0.3, 0.4) is 0 Å². The van der Waals surface area contributed by atoms with Gasteiger partial charge in [0.25, 0.3) is 11.8 Å². The third-order valence-electron chi connectivity index (χ3n) is 9.32. The van der Waals surface area contributed by atoms with E-state index in [2.05, 4.69) is 51.2 Å². The number of nitrogens with one attached hydrogen (secondary N) is 1. The van der Waals surface area contributed by atoms with Crippen molar-refractivity contribution in [1.82, 2.24) is 15.1 Å². The molecule has 0 saturated carbocycles. The van der Waals surface area contributed by atoms with Gasteiger partial charge < -0.3 is 24.8 Å². The number of phenolic OH excluding ortho intramolecular Hbond substituents is 1. The summed E-state index contributed by atoms with van der Waals surface area (Å²) in [5.41, 5.74) is 3.81. The maximum Gasteiger partial charge on any atom is 0.259 e. The van der Waals surface area contributed by atoms with E-state index >= 15 is 0 Å². The summed E-state index contributed by atoms with van der Waals surface area (Å²) in [6.07, 6.45) is 8.53. The van der Waals surface area contributed by atoms with Crippen molar-refractivity contribution in [2.24, 2.45) is 0 Å². The first-order valence-electron chi connectivity index (χ1n) is 18.6. The van der Waals surface area contributed by atoms with E-state index in [1.54, 1.807) is 18.4 Å². The molecule has 13 heteroatoms. The number of aromatic hydroxyl groups is 1. The van der Waals surface area contributed by atoms with Crippen molar-refractivity contribution < 1.29 is 38.7 Å². The summed E-state index contributed by atoms with van der Waals surface area (Å²) >= 11 is 0. The molecule has 3 aliphatic heterocycles. The van der Waals surface area contributed by atoms with Crippen molar-refractivity contribution >= 4 is 39.8 Å². The first-order chi connectivity index (χ1) is 24.8. The van der Waals surface area contributed by atoms with Gasteiger partial charge in [0.15, 0.2) is 17.3 Å². The average molecular weight is 766 g/mol. The second kappa shape index (κ2) is 17.9. The monoisotopic (exact) mass is 765 g/mol. The van der Waals surface area contributed by atoms with Gasteiger partial charge in [-0.05, 0) is 68.2 Å². The highest BCUT2D eigenvalue weighted by atomic mass is 28.3. The van der Waals surface area contributed by atoms with E-state index in [4.69, 9.17) is 19.2 Å². The van der Waals surface area contributed by atoms with Crippen LogP contribution in [0.15, 0.2) is 65.4 Å². The number of allylic oxidation sites excluding steroid dienone is 2. The van der Waals surface area contributed by atoms with Crippen LogP contribution in [-0.2, 0) is 24.0 Å². The van der Waals surface area contributed by atoms with Crippen molar-refractivity contribution in [2.45, 2.75) is 110 Å². The lowest BCUT2D eigenvalue weighted by atomic mass is 9.99. The Labute approximate surface area is 317 Å². The Kier molecular flexibility index (Phi) is 14.2. The molecule has 290 valence electrons. The lowest BCUT2D eigenvalue weighted by molar-refractivity contribution is -0.170. The number of hydrogen-bond donors (Lipinski definition) is 2. The minimum absolute atomic E-state index is 0.0219. The minimum Gasteiger partial charge on any atom is -0.504 e. The summed E-state index contributed by atoms with van der Waals surface area (Å²) in [6.45, 7) is 25.0. The quantitative estimate of drug-likeness (QED) is 0.0312. The molecule has 0 spiro atoms. The topological polar surface area (TPSA) is 127 Å². The fourth-order valence-corrected chi connectivity index (χ4v) is 7.55. The molecule has 0 aromatic heterocycles. The van der Waals surface area contributed by atoms with Crippen LogP contribution in [0.4, 0.5) is 0 Å². The zero-order valence-corrected chi connectivity index (χ0v) is 35.1. The predicted octanol–water partition coefficient (Wildman–Crippen LogP) is 7.75. The SMILES string of the molecule is C=C(/C=C(\CC)OOc1cc2c(cc1O)C(=O)N1C=C(C)C[C@H]1C(=O)CC(COCC[Si](C)(C)C)=C2)N(COCC[Si](C)(C)C)C(=O)[C@@H]1CC(C)=CN1. The van der Waals surface area contributed by atoms with Gasteiger partial charge in [0.2, 0.25) is 5.75 Å². The standard InChI is InChI=1S/C40H59N3O8Si2/c1-11-32(18-29(4)43(26-49-13-15-53(8,9)10)40(47)34-16-27(2)23-41-34)50-51-38-21-31-19-30(25-48-12-14-52(5,6)7)20-36(44)35-17-28(3)24-42(35)39(46)33(31)22-37(38)45/h18-19,21-24,34-35,41,45H,4,11-17,20,25-26H2,1-3,5-10H3/b30-19?,32-18+/t34-,35-/m0/s1. The predicted molar refractivity (Wildman–Crippen MR) is 213 cm³/mol. The highest BCUT2D eigenvalue weighted by molar-refractivity contribution is 6.76. The Hall–Kier alpha value is -3.92. The van der Waals surface area contributed by atoms with Crippen LogP contribution in [0.5, 0.6) is 11.5 Å². The number of ketones is 1. The highest BCUT2D eigenvalue weighted by Crippen LogP contribution is 2.36. The number of phenols is 1. The fourth-order valence-electron chi connectivity index (χ4n) is 6.03. The van der Waals surface area contributed by atoms with Gasteiger partial charge in [0, 0.05) is 60.2 Å². The number of fused-ring (bicyclic) bond motifs is 2. The maximum atomic E-state index is 13.9. The molecule has 0 fully saturated rings. The molecular formula is C40H59N3O8Si2. The third-order valence-corrected chi connectivity index (χ3v) is 12.7. The van der Waals surface area contributed by atoms with Crippen LogP contribution in [0.2, 0.25) is 51.4 Å². The van der Waals surface area contributed by atoms with Crippen LogP contribution in [0.1, 0.15) is 62.4 Å². The Morgan fingerprint density at radius 2 is 1.72 bits per heavy atom. The van der Waals surface area contributed by atoms with E-state index in [1.807, 2.05) is 27.0 Å². The molecule has 2 N–H and O–H groups in total. The molecule has 11 nitrogen and oxygen atoms in total. The average Bonchev–Trinajstić information content (AvgIpc) is 3.69. The molecule has 0 radical (unpaired) electrons. The van der Waals surface area contributed by atoms with Crippen LogP contribution < -0.4 is 10.2 Å². The zero-order valence-electron chi connectivity index (χ0n) is 33.1. The minimum atomic E-state index is -1.34. The number of rotatable bonds is 17. The Bertz CT molecular complexity index is 1680. The molecule has 1 aromatic carbocycles. The molecular weight excluding hydrogens is 707 g/mol. The van der Waals surface area contributed by atoms with Gasteiger partial charge in [-0.2, -0.15) is 0 Å². The normalized spacial score (nSPS) is 19.2. The van der Waals surface area contributed by atoms with Crippen molar-refractivity contribution in [1.29, 1.82) is 0 Å². The van der Waals surface area contributed by atoms with Gasteiger partial charge in [-0.25, -0.2) is 0 Å². The molecule has 0 bridgehead atoms. The molecule has 2 amide bonds. The summed E-state index contributed by atoms with van der Waals surface area (Å²) in [5.74, 6) is -0.603. The molecule has 0 saturated heterocycles. The van der Waals surface area contributed by atoms with Gasteiger partial charge in [-0.3, -0.25) is 29.1 Å². The third kappa shape index (κ3) is 12.0. The molecule has 0 unspecified atom stereocenters. The Balaban J connectivity index is 1.58. The maximum absolute atomic E-state index is 13.9. The number of nitrogens with zero attached hydrogens (tertiary/aromatic N) is 2. The van der Waals surface area contributed by atoms with E-state index in [-0.39, 0.29) is 54.4 Å². The number of Topliss-reactive ketones (excluding diaryl/α,β-unsaturated/α-hetero) is 1. The Morgan fingerprint density at radius 1 is 1.04 bits per heavy atom. The van der Waals surface area contributed by atoms with Gasteiger partial charge >= 0.3 is 0 Å². The number of ether oxygens (including phenoxy) is 2. The molecule has 4 rings (SSSR count). The Morgan fingerprint density at radius 3 is 2.34 bits per heavy atom. The summed E-state index contributed by atoms with van der Waals surface area (Å²) in [7, 11) is -2.66. The van der Waals surface area contributed by atoms with E-state index in [1.165, 1.54) is 21.9 Å². The number of amides is 2. The summed E-state index contributed by atoms with van der Waals surface area (Å²) in [6, 6.07) is 3.78. The second-order valence-electron chi connectivity index (χ2n) is 16.8. The molecule has 0 aliphatic carbocycles. The second-order valence-corrected chi connectivity index (χ2v) is 28.0. The van der Waals surface area contributed by atoms with Crippen LogP contribution in [0, 0.1) is 0 Å². The van der Waals surface area contributed by atoms with Crippen molar-refractivity contribution in [2.75, 3.05) is 26.6 Å². The lowest BCUT2D eigenvalue weighted by Crippen LogP contribution is -2.43. The smallest absolute Gasteiger partial charge is 0.259 e. The molecule has 1 aromatic rings. The number of benzene rings is 1. The van der Waals surface area contributed by atoms with Crippen LogP contribution in [-0.4, -0.2) is 87.3 Å². The summed E-state index contributed by atoms with van der Waals surface area (Å²) < 4.78 is 12.0. The van der Waals surface area contributed by atoms with Crippen molar-refractivity contribution in [3.8, 4) is 11.5 Å². The highest BCUT2D eigenvalue weighted by Gasteiger charge is 2.36. The van der Waals surface area contributed by atoms with E-state index in [0.29, 0.717) is 49.5 Å². The largest absolute Gasteiger partial charge is 0.504 e. The molecule has 3 heterocycles. The van der Waals surface area contributed by atoms with Gasteiger partial charge in [-0.15, -0.1) is 0 Å². The molecule has 2 atom stereocenters. The first kappa shape index (κ1) is 41.8.